The predicted molar refractivity (Wildman–Crippen MR) is 35.0 cm³/mol. The van der Waals surface area contributed by atoms with Crippen molar-refractivity contribution < 1.29 is 19.0 Å². The highest BCUT2D eigenvalue weighted by molar-refractivity contribution is 5.90. The molecular formula is C7H10O4. The minimum absolute atomic E-state index is 0.0308. The summed E-state index contributed by atoms with van der Waals surface area (Å²) in [5, 5.41) is 0. The molecule has 0 aromatic rings. The van der Waals surface area contributed by atoms with Gasteiger partial charge in [0.25, 0.3) is 0 Å². The van der Waals surface area contributed by atoms with Crippen LogP contribution in [0.5, 0.6) is 0 Å². The lowest BCUT2D eigenvalue weighted by Crippen LogP contribution is -2.40. The molecule has 0 amide bonds. The summed E-state index contributed by atoms with van der Waals surface area (Å²) >= 11 is 0. The average Bonchev–Trinajstić information content (AvgIpc) is 2.76. The van der Waals surface area contributed by atoms with Crippen molar-refractivity contribution in [1.29, 1.82) is 0 Å². The zero-order valence-electron chi connectivity index (χ0n) is 6.44. The van der Waals surface area contributed by atoms with Gasteiger partial charge >= 0.3 is 0 Å². The van der Waals surface area contributed by atoms with Crippen LogP contribution in [0.4, 0.5) is 0 Å². The number of ether oxygens (including phenoxy) is 3. The largest absolute Gasteiger partial charge is 0.356 e. The third kappa shape index (κ3) is 0.982. The van der Waals surface area contributed by atoms with Gasteiger partial charge in [0.05, 0.1) is 0 Å². The summed E-state index contributed by atoms with van der Waals surface area (Å²) in [6.45, 7) is 1.71. The quantitative estimate of drug-likeness (QED) is 0.492. The second-order valence-electron chi connectivity index (χ2n) is 2.81. The maximum atomic E-state index is 11.1. The smallest absolute Gasteiger partial charge is 0.192 e. The molecule has 0 unspecified atom stereocenters. The van der Waals surface area contributed by atoms with Crippen molar-refractivity contribution in [1.82, 2.24) is 0 Å². The standard InChI is InChI=1S/C7H10O4/c1-3-4(8)5-6(11-5)7(9-2)10-3/h3,5-7H,1-2H3/t3-,5-,6-,7+/m1/s1. The molecule has 0 N–H and O–H groups in total. The summed E-state index contributed by atoms with van der Waals surface area (Å²) in [6, 6.07) is 0. The van der Waals surface area contributed by atoms with E-state index >= 15 is 0 Å². The number of carbonyl (C=O) groups is 1. The van der Waals surface area contributed by atoms with E-state index < -0.39 is 0 Å². The Morgan fingerprint density at radius 2 is 2.18 bits per heavy atom. The van der Waals surface area contributed by atoms with Crippen molar-refractivity contribution in [2.24, 2.45) is 0 Å². The van der Waals surface area contributed by atoms with E-state index in [1.165, 1.54) is 0 Å². The van der Waals surface area contributed by atoms with Gasteiger partial charge in [0.1, 0.15) is 12.2 Å². The van der Waals surface area contributed by atoms with Gasteiger partial charge in [-0.1, -0.05) is 0 Å². The summed E-state index contributed by atoms with van der Waals surface area (Å²) in [4.78, 5) is 11.1. The molecule has 11 heavy (non-hydrogen) atoms. The normalized spacial score (nSPS) is 48.7. The van der Waals surface area contributed by atoms with Gasteiger partial charge in [0.2, 0.25) is 0 Å². The van der Waals surface area contributed by atoms with Crippen molar-refractivity contribution in [3.8, 4) is 0 Å². The van der Waals surface area contributed by atoms with Crippen molar-refractivity contribution in [3.05, 3.63) is 0 Å². The monoisotopic (exact) mass is 158 g/mol. The molecule has 2 fully saturated rings. The van der Waals surface area contributed by atoms with Crippen LogP contribution >= 0.6 is 0 Å². The van der Waals surface area contributed by atoms with Gasteiger partial charge in [-0.15, -0.1) is 0 Å². The number of carbonyl (C=O) groups excluding carboxylic acids is 1. The molecule has 0 aromatic heterocycles. The van der Waals surface area contributed by atoms with Crippen molar-refractivity contribution in [2.75, 3.05) is 7.11 Å². The molecule has 4 heteroatoms. The molecule has 4 nitrogen and oxygen atoms in total. The molecule has 2 aliphatic heterocycles. The van der Waals surface area contributed by atoms with Crippen molar-refractivity contribution >= 4 is 5.78 Å². The Morgan fingerprint density at radius 3 is 2.82 bits per heavy atom. The lowest BCUT2D eigenvalue weighted by molar-refractivity contribution is -0.177. The van der Waals surface area contributed by atoms with Crippen LogP contribution in [-0.2, 0) is 19.0 Å². The molecule has 2 heterocycles. The minimum Gasteiger partial charge on any atom is -0.356 e. The van der Waals surface area contributed by atoms with Gasteiger partial charge in [-0.25, -0.2) is 0 Å². The van der Waals surface area contributed by atoms with Crippen LogP contribution < -0.4 is 0 Å². The Balaban J connectivity index is 2.07. The Hall–Kier alpha value is -0.450. The maximum Gasteiger partial charge on any atom is 0.192 e. The molecule has 2 saturated heterocycles. The first-order valence-corrected chi connectivity index (χ1v) is 3.61. The lowest BCUT2D eigenvalue weighted by Gasteiger charge is -2.21. The number of epoxide rings is 1. The molecule has 62 valence electrons. The molecule has 2 rings (SSSR count). The summed E-state index contributed by atoms with van der Waals surface area (Å²) in [6.07, 6.45) is -1.15. The predicted octanol–water partition coefficient (Wildman–Crippen LogP) is -0.286. The highest BCUT2D eigenvalue weighted by Gasteiger charge is 2.56. The Morgan fingerprint density at radius 1 is 1.45 bits per heavy atom. The molecule has 0 bridgehead atoms. The molecule has 0 radical (unpaired) electrons. The third-order valence-electron chi connectivity index (χ3n) is 2.05. The Kier molecular flexibility index (Phi) is 1.49. The second-order valence-corrected chi connectivity index (χ2v) is 2.81. The number of hydrogen-bond acceptors (Lipinski definition) is 4. The number of ketones is 1. The zero-order chi connectivity index (χ0) is 8.01. The lowest BCUT2D eigenvalue weighted by atomic mass is 10.1. The van der Waals surface area contributed by atoms with Crippen LogP contribution in [-0.4, -0.2) is 37.5 Å². The molecule has 0 spiro atoms. The first-order chi connectivity index (χ1) is 5.24. The van der Waals surface area contributed by atoms with E-state index in [4.69, 9.17) is 14.2 Å². The van der Waals surface area contributed by atoms with Gasteiger partial charge in [-0.05, 0) is 6.92 Å². The molecule has 4 atom stereocenters. The molecule has 0 saturated carbocycles. The van der Waals surface area contributed by atoms with Crippen LogP contribution in [0.1, 0.15) is 6.92 Å². The van der Waals surface area contributed by atoms with E-state index in [0.717, 1.165) is 0 Å². The molecule has 0 aliphatic carbocycles. The third-order valence-corrected chi connectivity index (χ3v) is 2.05. The van der Waals surface area contributed by atoms with Gasteiger partial charge in [-0.3, -0.25) is 4.79 Å². The number of methoxy groups -OCH3 is 1. The summed E-state index contributed by atoms with van der Waals surface area (Å²) in [7, 11) is 1.55. The summed E-state index contributed by atoms with van der Waals surface area (Å²) in [5.41, 5.74) is 0. The van der Waals surface area contributed by atoms with E-state index in [9.17, 15) is 4.79 Å². The van der Waals surface area contributed by atoms with Crippen molar-refractivity contribution in [3.63, 3.8) is 0 Å². The van der Waals surface area contributed by atoms with Gasteiger partial charge in [-0.2, -0.15) is 0 Å². The van der Waals surface area contributed by atoms with Crippen molar-refractivity contribution in [2.45, 2.75) is 31.5 Å². The van der Waals surface area contributed by atoms with E-state index in [-0.39, 0.29) is 30.4 Å². The van der Waals surface area contributed by atoms with E-state index in [0.29, 0.717) is 0 Å². The number of fused-ring (bicyclic) bond motifs is 1. The topological polar surface area (TPSA) is 48.1 Å². The minimum atomic E-state index is -0.385. The summed E-state index contributed by atoms with van der Waals surface area (Å²) in [5.74, 6) is 0.0308. The fraction of sp³-hybridized carbons (Fsp3) is 0.857. The highest BCUT2D eigenvalue weighted by Crippen LogP contribution is 2.34. The first kappa shape index (κ1) is 7.21. The number of Topliss-reactive ketones (excluding diaryl/α,β-unsaturated/α-hetero) is 1. The van der Waals surface area contributed by atoms with E-state index in [1.807, 2.05) is 0 Å². The van der Waals surface area contributed by atoms with Crippen LogP contribution in [0.15, 0.2) is 0 Å². The van der Waals surface area contributed by atoms with Gasteiger partial charge in [0.15, 0.2) is 18.2 Å². The highest BCUT2D eigenvalue weighted by atomic mass is 16.7. The molecule has 0 aromatic carbocycles. The fourth-order valence-electron chi connectivity index (χ4n) is 1.33. The number of hydrogen-bond donors (Lipinski definition) is 0. The van der Waals surface area contributed by atoms with Crippen LogP contribution in [0, 0.1) is 0 Å². The van der Waals surface area contributed by atoms with Crippen LogP contribution in [0.2, 0.25) is 0 Å². The van der Waals surface area contributed by atoms with Crippen LogP contribution in [0.3, 0.4) is 0 Å². The maximum absolute atomic E-state index is 11.1. The SMILES string of the molecule is CO[C@H]1O[C@H](C)C(=O)[C@H]2O[C@@H]12. The summed E-state index contributed by atoms with van der Waals surface area (Å²) < 4.78 is 15.2. The van der Waals surface area contributed by atoms with Gasteiger partial charge < -0.3 is 14.2 Å². The number of rotatable bonds is 1. The molecule has 2 aliphatic rings. The Labute approximate surface area is 64.4 Å². The van der Waals surface area contributed by atoms with Crippen LogP contribution in [0.25, 0.3) is 0 Å². The van der Waals surface area contributed by atoms with Gasteiger partial charge in [0, 0.05) is 7.11 Å². The molecular weight excluding hydrogens is 148 g/mol. The zero-order valence-corrected chi connectivity index (χ0v) is 6.44. The Bertz CT molecular complexity index is 187. The van der Waals surface area contributed by atoms with E-state index in [2.05, 4.69) is 0 Å². The second kappa shape index (κ2) is 2.27. The first-order valence-electron chi connectivity index (χ1n) is 3.61. The fourth-order valence-corrected chi connectivity index (χ4v) is 1.33. The average molecular weight is 158 g/mol. The van der Waals surface area contributed by atoms with E-state index in [1.54, 1.807) is 14.0 Å².